The number of carbonyl (C=O) groups excluding carboxylic acids is 2. The maximum Gasteiger partial charge on any atom is 0.244 e. The van der Waals surface area contributed by atoms with Gasteiger partial charge in [0.2, 0.25) is 11.8 Å². The first-order valence-corrected chi connectivity index (χ1v) is 15.4. The molecule has 2 amide bonds. The van der Waals surface area contributed by atoms with Gasteiger partial charge < -0.3 is 11.1 Å². The van der Waals surface area contributed by atoms with Crippen molar-refractivity contribution in [3.05, 3.63) is 24.8 Å². The molecule has 0 aliphatic heterocycles. The van der Waals surface area contributed by atoms with Gasteiger partial charge in [-0.2, -0.15) is 0 Å². The molecule has 0 rings (SSSR count). The normalized spacial score (nSPS) is 10.4. The average Bonchev–Trinajstić information content (AvgIpc) is 2.87. The fraction of sp³-hybridized carbons (Fsp3) is 0.812. The van der Waals surface area contributed by atoms with Gasteiger partial charge in [0.25, 0.3) is 0 Å². The van der Waals surface area contributed by atoms with Crippen LogP contribution in [0, 0.1) is 0 Å². The molecule has 4 nitrogen and oxygen atoms in total. The first kappa shape index (κ1) is 36.6. The zero-order valence-electron chi connectivity index (χ0n) is 24.4. The molecular formula is C32H62N2O2. The number of nitrogens with two attached hydrogens (primary N) is 1. The minimum atomic E-state index is -0.353. The summed E-state index contributed by atoms with van der Waals surface area (Å²) >= 11 is 0. The Labute approximate surface area is 225 Å². The maximum absolute atomic E-state index is 10.9. The van der Waals surface area contributed by atoms with Gasteiger partial charge in [-0.05, 0) is 25.3 Å². The van der Waals surface area contributed by atoms with E-state index in [1.165, 1.54) is 134 Å². The van der Waals surface area contributed by atoms with Crippen LogP contribution in [0.25, 0.3) is 0 Å². The molecule has 0 heterocycles. The zero-order valence-corrected chi connectivity index (χ0v) is 24.4. The quantitative estimate of drug-likeness (QED) is 0.0905. The van der Waals surface area contributed by atoms with Crippen molar-refractivity contribution in [3.8, 4) is 0 Å². The van der Waals surface area contributed by atoms with Crippen LogP contribution in [0.1, 0.15) is 162 Å². The minimum absolute atomic E-state index is 0.0500. The summed E-state index contributed by atoms with van der Waals surface area (Å²) in [4.78, 5) is 21.5. The van der Waals surface area contributed by atoms with Crippen LogP contribution < -0.4 is 11.1 Å². The number of unbranched alkanes of at least 4 members (excludes halogenated alkanes) is 20. The fourth-order valence-corrected chi connectivity index (χ4v) is 4.20. The van der Waals surface area contributed by atoms with Crippen LogP contribution >= 0.6 is 0 Å². The van der Waals surface area contributed by atoms with Gasteiger partial charge >= 0.3 is 0 Å². The number of hydrogen-bond donors (Lipinski definition) is 2. The van der Waals surface area contributed by atoms with Gasteiger partial charge in [0.1, 0.15) is 0 Å². The molecule has 0 bridgehead atoms. The molecule has 0 aromatic rings. The molecule has 36 heavy (non-hydrogen) atoms. The van der Waals surface area contributed by atoms with Crippen LogP contribution in [0.3, 0.4) is 0 Å². The molecule has 0 aromatic carbocycles. The molecule has 0 radical (unpaired) electrons. The van der Waals surface area contributed by atoms with Gasteiger partial charge in [-0.3, -0.25) is 9.59 Å². The number of nitrogens with one attached hydrogen (secondary N) is 1. The predicted molar refractivity (Wildman–Crippen MR) is 159 cm³/mol. The Morgan fingerprint density at radius 1 is 0.611 bits per heavy atom. The molecule has 0 aliphatic carbocycles. The first-order valence-electron chi connectivity index (χ1n) is 15.4. The van der Waals surface area contributed by atoms with Crippen LogP contribution in [0.5, 0.6) is 0 Å². The molecule has 4 heteroatoms. The van der Waals surface area contributed by atoms with E-state index in [0.717, 1.165) is 25.8 Å². The van der Waals surface area contributed by atoms with E-state index in [2.05, 4.69) is 32.3 Å². The lowest BCUT2D eigenvalue weighted by atomic mass is 10.0. The van der Waals surface area contributed by atoms with Crippen molar-refractivity contribution in [2.24, 2.45) is 5.73 Å². The lowest BCUT2D eigenvalue weighted by Gasteiger charge is -2.04. The summed E-state index contributed by atoms with van der Waals surface area (Å²) in [5, 5.41) is 2.82. The average molecular weight is 507 g/mol. The van der Waals surface area contributed by atoms with E-state index in [1.54, 1.807) is 0 Å². The highest BCUT2D eigenvalue weighted by molar-refractivity contribution is 5.91. The van der Waals surface area contributed by atoms with Gasteiger partial charge in [0, 0.05) is 12.1 Å². The Hall–Kier alpha value is -1.58. The van der Waals surface area contributed by atoms with Gasteiger partial charge in [-0.1, -0.05) is 155 Å². The molecule has 0 atom stereocenters. The van der Waals surface area contributed by atoms with Crippen LogP contribution in [0.2, 0.25) is 0 Å². The summed E-state index contributed by atoms with van der Waals surface area (Å²) in [6.07, 6.45) is 31.6. The van der Waals surface area contributed by atoms with E-state index >= 15 is 0 Å². The molecule has 0 fully saturated rings. The Morgan fingerprint density at radius 3 is 1.28 bits per heavy atom. The van der Waals surface area contributed by atoms with E-state index in [-0.39, 0.29) is 11.8 Å². The molecule has 212 valence electrons. The van der Waals surface area contributed by atoms with Crippen molar-refractivity contribution in [1.82, 2.24) is 5.32 Å². The van der Waals surface area contributed by atoms with Crippen LogP contribution in [0.4, 0.5) is 0 Å². The largest absolute Gasteiger partial charge is 0.366 e. The second kappa shape index (κ2) is 31.4. The maximum atomic E-state index is 10.9. The number of amides is 2. The molecule has 3 N–H and O–H groups in total. The van der Waals surface area contributed by atoms with E-state index in [4.69, 9.17) is 5.73 Å². The molecule has 0 aromatic heterocycles. The number of primary amides is 1. The third-order valence-corrected chi connectivity index (χ3v) is 6.70. The van der Waals surface area contributed by atoms with Gasteiger partial charge in [0.15, 0.2) is 0 Å². The Bertz CT molecular complexity index is 516. The SMILES string of the molecule is C=C(CCCCCCCC)C(N)=O.C=CC(=O)NCCCCCCCCCCCCCCCCCC. The Kier molecular flexibility index (Phi) is 32.0. The van der Waals surface area contributed by atoms with Crippen LogP contribution in [-0.4, -0.2) is 18.4 Å². The predicted octanol–water partition coefficient (Wildman–Crippen LogP) is 9.33. The summed E-state index contributed by atoms with van der Waals surface area (Å²) in [5.74, 6) is -0.403. The molecule has 0 unspecified atom stereocenters. The second-order valence-electron chi connectivity index (χ2n) is 10.3. The summed E-state index contributed by atoms with van der Waals surface area (Å²) in [7, 11) is 0. The number of hydrogen-bond acceptors (Lipinski definition) is 2. The van der Waals surface area contributed by atoms with Crippen molar-refractivity contribution in [1.29, 1.82) is 0 Å². The van der Waals surface area contributed by atoms with Crippen LogP contribution in [0.15, 0.2) is 24.8 Å². The monoisotopic (exact) mass is 506 g/mol. The fourth-order valence-electron chi connectivity index (χ4n) is 4.20. The summed E-state index contributed by atoms with van der Waals surface area (Å²) in [5.41, 5.74) is 5.63. The standard InChI is InChI=1S/C21H41NO.C11H21NO/c1-3-5-6-7-8-9-10-11-12-13-14-15-16-17-18-19-20-22-21(23)4-2;1-3-4-5-6-7-8-9-10(2)11(12)13/h4H,2-3,5-20H2,1H3,(H,22,23);2-9H2,1H3,(H2,12,13). The summed E-state index contributed by atoms with van der Waals surface area (Å²) < 4.78 is 0. The van der Waals surface area contributed by atoms with Crippen molar-refractivity contribution >= 4 is 11.8 Å². The lowest BCUT2D eigenvalue weighted by molar-refractivity contribution is -0.116. The third-order valence-electron chi connectivity index (χ3n) is 6.70. The van der Waals surface area contributed by atoms with Gasteiger partial charge in [0.05, 0.1) is 0 Å². The van der Waals surface area contributed by atoms with Gasteiger partial charge in [-0.15, -0.1) is 0 Å². The van der Waals surface area contributed by atoms with Crippen LogP contribution in [-0.2, 0) is 9.59 Å². The van der Waals surface area contributed by atoms with E-state index in [0.29, 0.717) is 5.57 Å². The number of rotatable bonds is 26. The minimum Gasteiger partial charge on any atom is -0.366 e. The molecule has 0 spiro atoms. The lowest BCUT2D eigenvalue weighted by Crippen LogP contribution is -2.21. The van der Waals surface area contributed by atoms with E-state index < -0.39 is 0 Å². The van der Waals surface area contributed by atoms with Crippen molar-refractivity contribution in [2.75, 3.05) is 6.54 Å². The van der Waals surface area contributed by atoms with Crippen molar-refractivity contribution in [3.63, 3.8) is 0 Å². The molecule has 0 aliphatic rings. The zero-order chi connectivity index (χ0) is 27.1. The third kappa shape index (κ3) is 32.4. The Balaban J connectivity index is 0. The second-order valence-corrected chi connectivity index (χ2v) is 10.3. The van der Waals surface area contributed by atoms with Crippen molar-refractivity contribution in [2.45, 2.75) is 162 Å². The van der Waals surface area contributed by atoms with E-state index in [1.807, 2.05) is 0 Å². The van der Waals surface area contributed by atoms with E-state index in [9.17, 15) is 9.59 Å². The smallest absolute Gasteiger partial charge is 0.244 e. The molecular weight excluding hydrogens is 444 g/mol. The van der Waals surface area contributed by atoms with Gasteiger partial charge in [-0.25, -0.2) is 0 Å². The Morgan fingerprint density at radius 2 is 0.944 bits per heavy atom. The topological polar surface area (TPSA) is 72.2 Å². The highest BCUT2D eigenvalue weighted by atomic mass is 16.1. The summed E-state index contributed by atoms with van der Waals surface area (Å²) in [6.45, 7) is 12.3. The highest BCUT2D eigenvalue weighted by Gasteiger charge is 2.00. The summed E-state index contributed by atoms with van der Waals surface area (Å²) in [6, 6.07) is 0. The first-order chi connectivity index (χ1) is 17.5. The number of carbonyl (C=O) groups is 2. The highest BCUT2D eigenvalue weighted by Crippen LogP contribution is 2.13. The van der Waals surface area contributed by atoms with Crippen molar-refractivity contribution < 1.29 is 9.59 Å². The molecule has 0 saturated carbocycles. The molecule has 0 saturated heterocycles.